The van der Waals surface area contributed by atoms with Crippen molar-refractivity contribution < 1.29 is 14.3 Å². The smallest absolute Gasteiger partial charge is 0.262 e. The summed E-state index contributed by atoms with van der Waals surface area (Å²) in [4.78, 5) is 13.9. The molecule has 8 heteroatoms. The maximum absolute atomic E-state index is 12.3. The molecule has 1 aromatic heterocycles. The Balaban J connectivity index is 1.50. The Morgan fingerprint density at radius 3 is 2.47 bits per heavy atom. The molecule has 4 rings (SSSR count). The van der Waals surface area contributed by atoms with Gasteiger partial charge in [0.25, 0.3) is 5.91 Å². The molecule has 1 N–H and O–H groups in total. The molecular formula is C22H19ClN4O3. The highest BCUT2D eigenvalue weighted by atomic mass is 35.5. The van der Waals surface area contributed by atoms with E-state index < -0.39 is 0 Å². The van der Waals surface area contributed by atoms with E-state index in [4.69, 9.17) is 21.1 Å². The van der Waals surface area contributed by atoms with Gasteiger partial charge in [-0.2, -0.15) is 4.80 Å². The predicted molar refractivity (Wildman–Crippen MR) is 116 cm³/mol. The first-order chi connectivity index (χ1) is 14.5. The Labute approximate surface area is 178 Å². The van der Waals surface area contributed by atoms with Gasteiger partial charge in [0.15, 0.2) is 6.61 Å². The van der Waals surface area contributed by atoms with Crippen molar-refractivity contribution in [2.75, 3.05) is 19.0 Å². The van der Waals surface area contributed by atoms with Gasteiger partial charge in [-0.05, 0) is 61.0 Å². The Morgan fingerprint density at radius 2 is 1.77 bits per heavy atom. The maximum Gasteiger partial charge on any atom is 0.262 e. The zero-order chi connectivity index (χ0) is 21.1. The van der Waals surface area contributed by atoms with Crippen molar-refractivity contribution in [2.45, 2.75) is 6.92 Å². The average Bonchev–Trinajstić information content (AvgIpc) is 3.16. The minimum atomic E-state index is -0.292. The highest BCUT2D eigenvalue weighted by Gasteiger charge is 2.12. The van der Waals surface area contributed by atoms with E-state index >= 15 is 0 Å². The molecule has 3 aromatic carbocycles. The van der Waals surface area contributed by atoms with Crippen molar-refractivity contribution in [1.82, 2.24) is 15.0 Å². The first-order valence-corrected chi connectivity index (χ1v) is 9.60. The molecule has 0 atom stereocenters. The molecule has 0 saturated carbocycles. The Bertz CT molecular complexity index is 1200. The summed E-state index contributed by atoms with van der Waals surface area (Å²) >= 11 is 6.05. The second-order valence-electron chi connectivity index (χ2n) is 6.61. The number of hydrogen-bond donors (Lipinski definition) is 1. The molecule has 0 aliphatic rings. The maximum atomic E-state index is 12.3. The molecule has 0 fully saturated rings. The van der Waals surface area contributed by atoms with Gasteiger partial charge in [0.2, 0.25) is 0 Å². The van der Waals surface area contributed by atoms with E-state index in [1.807, 2.05) is 37.3 Å². The molecule has 0 saturated heterocycles. The van der Waals surface area contributed by atoms with Crippen LogP contribution in [-0.4, -0.2) is 34.6 Å². The Hall–Kier alpha value is -3.58. The van der Waals surface area contributed by atoms with Crippen molar-refractivity contribution >= 4 is 34.2 Å². The van der Waals surface area contributed by atoms with E-state index in [9.17, 15) is 4.79 Å². The monoisotopic (exact) mass is 422 g/mol. The Morgan fingerprint density at radius 1 is 1.07 bits per heavy atom. The second-order valence-corrected chi connectivity index (χ2v) is 7.02. The highest BCUT2D eigenvalue weighted by molar-refractivity contribution is 6.32. The van der Waals surface area contributed by atoms with Gasteiger partial charge in [0, 0.05) is 5.69 Å². The van der Waals surface area contributed by atoms with Gasteiger partial charge in [-0.1, -0.05) is 23.7 Å². The molecule has 30 heavy (non-hydrogen) atoms. The fraction of sp³-hybridized carbons (Fsp3) is 0.136. The molecule has 0 radical (unpaired) electrons. The number of methoxy groups -OCH3 is 1. The highest BCUT2D eigenvalue weighted by Crippen LogP contribution is 2.24. The molecule has 0 bridgehead atoms. The molecular weight excluding hydrogens is 404 g/mol. The molecule has 0 spiro atoms. The summed E-state index contributed by atoms with van der Waals surface area (Å²) in [6, 6.07) is 18.1. The topological polar surface area (TPSA) is 78.3 Å². The predicted octanol–water partition coefficient (Wildman–Crippen LogP) is 4.41. The number of anilines is 1. The van der Waals surface area contributed by atoms with Crippen molar-refractivity contribution in [3.05, 3.63) is 71.2 Å². The number of amides is 1. The van der Waals surface area contributed by atoms with E-state index in [1.165, 1.54) is 0 Å². The number of halogens is 1. The SMILES string of the molecule is COc1ccc(-n2nc3cc(C)c(NC(=O)COc4ccccc4Cl)cc3n2)cc1. The summed E-state index contributed by atoms with van der Waals surface area (Å²) in [6.45, 7) is 1.75. The summed E-state index contributed by atoms with van der Waals surface area (Å²) in [5.74, 6) is 0.930. The van der Waals surface area contributed by atoms with Crippen molar-refractivity contribution in [2.24, 2.45) is 0 Å². The van der Waals surface area contributed by atoms with Gasteiger partial charge in [-0.25, -0.2) is 0 Å². The normalized spacial score (nSPS) is 10.8. The summed E-state index contributed by atoms with van der Waals surface area (Å²) in [5, 5.41) is 12.3. The van der Waals surface area contributed by atoms with Crippen LogP contribution in [-0.2, 0) is 4.79 Å². The van der Waals surface area contributed by atoms with Crippen LogP contribution in [0.25, 0.3) is 16.7 Å². The first kappa shape index (κ1) is 19.7. The molecule has 0 aliphatic carbocycles. The van der Waals surface area contributed by atoms with Gasteiger partial charge in [0.1, 0.15) is 22.5 Å². The van der Waals surface area contributed by atoms with Crippen LogP contribution in [0, 0.1) is 6.92 Å². The lowest BCUT2D eigenvalue weighted by atomic mass is 10.1. The molecule has 7 nitrogen and oxygen atoms in total. The summed E-state index contributed by atoms with van der Waals surface area (Å²) < 4.78 is 10.7. The van der Waals surface area contributed by atoms with Crippen LogP contribution < -0.4 is 14.8 Å². The fourth-order valence-corrected chi connectivity index (χ4v) is 3.12. The van der Waals surface area contributed by atoms with E-state index in [2.05, 4.69) is 15.5 Å². The number of nitrogens with zero attached hydrogens (tertiary/aromatic N) is 3. The zero-order valence-corrected chi connectivity index (χ0v) is 17.2. The van der Waals surface area contributed by atoms with E-state index in [1.54, 1.807) is 42.2 Å². The summed E-state index contributed by atoms with van der Waals surface area (Å²) in [6.07, 6.45) is 0. The summed E-state index contributed by atoms with van der Waals surface area (Å²) in [7, 11) is 1.62. The lowest BCUT2D eigenvalue weighted by molar-refractivity contribution is -0.118. The third-order valence-corrected chi connectivity index (χ3v) is 4.81. The lowest BCUT2D eigenvalue weighted by Crippen LogP contribution is -2.20. The quantitative estimate of drug-likeness (QED) is 0.498. The van der Waals surface area contributed by atoms with Gasteiger partial charge >= 0.3 is 0 Å². The molecule has 4 aromatic rings. The van der Waals surface area contributed by atoms with E-state index in [0.29, 0.717) is 22.0 Å². The van der Waals surface area contributed by atoms with Crippen LogP contribution in [0.3, 0.4) is 0 Å². The molecule has 152 valence electrons. The number of benzene rings is 3. The first-order valence-electron chi connectivity index (χ1n) is 9.23. The number of carbonyl (C=O) groups is 1. The van der Waals surface area contributed by atoms with Crippen LogP contribution in [0.4, 0.5) is 5.69 Å². The number of hydrogen-bond acceptors (Lipinski definition) is 5. The van der Waals surface area contributed by atoms with Crippen molar-refractivity contribution in [3.8, 4) is 17.2 Å². The Kier molecular flexibility index (Phi) is 5.54. The van der Waals surface area contributed by atoms with Gasteiger partial charge < -0.3 is 14.8 Å². The number of ether oxygens (including phenoxy) is 2. The van der Waals surface area contributed by atoms with E-state index in [-0.39, 0.29) is 12.5 Å². The van der Waals surface area contributed by atoms with Gasteiger partial charge in [-0.15, -0.1) is 10.2 Å². The number of rotatable bonds is 6. The number of carbonyl (C=O) groups excluding carboxylic acids is 1. The van der Waals surface area contributed by atoms with Crippen LogP contribution in [0.15, 0.2) is 60.7 Å². The van der Waals surface area contributed by atoms with Gasteiger partial charge in [0.05, 0.1) is 17.8 Å². The van der Waals surface area contributed by atoms with E-state index in [0.717, 1.165) is 22.5 Å². The molecule has 0 aliphatic heterocycles. The second kappa shape index (κ2) is 8.42. The number of para-hydroxylation sites is 1. The molecule has 1 heterocycles. The minimum Gasteiger partial charge on any atom is -0.497 e. The number of fused-ring (bicyclic) bond motifs is 1. The molecule has 0 unspecified atom stereocenters. The number of aromatic nitrogens is 3. The van der Waals surface area contributed by atoms with Crippen LogP contribution in [0.1, 0.15) is 5.56 Å². The number of nitrogens with one attached hydrogen (secondary N) is 1. The fourth-order valence-electron chi connectivity index (χ4n) is 2.92. The standard InChI is InChI=1S/C22H19ClN4O3/c1-14-11-19-20(26-27(25-19)15-7-9-16(29-2)10-8-15)12-18(14)24-22(28)13-30-21-6-4-3-5-17(21)23/h3-12H,13H2,1-2H3,(H,24,28). The third-order valence-electron chi connectivity index (χ3n) is 4.50. The number of aryl methyl sites for hydroxylation is 1. The zero-order valence-electron chi connectivity index (χ0n) is 16.4. The largest absolute Gasteiger partial charge is 0.497 e. The average molecular weight is 423 g/mol. The minimum absolute atomic E-state index is 0.153. The lowest BCUT2D eigenvalue weighted by Gasteiger charge is -2.10. The molecule has 1 amide bonds. The van der Waals surface area contributed by atoms with Crippen molar-refractivity contribution in [1.29, 1.82) is 0 Å². The third kappa shape index (κ3) is 4.21. The van der Waals surface area contributed by atoms with Crippen LogP contribution >= 0.6 is 11.6 Å². The van der Waals surface area contributed by atoms with Gasteiger partial charge in [-0.3, -0.25) is 4.79 Å². The van der Waals surface area contributed by atoms with Crippen molar-refractivity contribution in [3.63, 3.8) is 0 Å². The van der Waals surface area contributed by atoms with Crippen LogP contribution in [0.5, 0.6) is 11.5 Å². The van der Waals surface area contributed by atoms with Crippen LogP contribution in [0.2, 0.25) is 5.02 Å². The summed E-state index contributed by atoms with van der Waals surface area (Å²) in [5.41, 5.74) is 3.73.